The van der Waals surface area contributed by atoms with E-state index in [0.717, 1.165) is 81.2 Å². The zero-order valence-corrected chi connectivity index (χ0v) is 73.2. The van der Waals surface area contributed by atoms with Crippen molar-refractivity contribution in [3.63, 3.8) is 0 Å². The molecule has 0 saturated heterocycles. The molecule has 0 saturated carbocycles. The number of para-hydroxylation sites is 1. The first kappa shape index (κ1) is 106. The first-order valence-electron chi connectivity index (χ1n) is 39.3. The monoisotopic (exact) mass is 1810 g/mol. The van der Waals surface area contributed by atoms with E-state index in [9.17, 15) is 88.7 Å². The number of benzene rings is 8. The van der Waals surface area contributed by atoms with Gasteiger partial charge in [0.25, 0.3) is 0 Å². The summed E-state index contributed by atoms with van der Waals surface area (Å²) in [5, 5.41) is 17.0. The number of ketones is 9. The highest BCUT2D eigenvalue weighted by Crippen LogP contribution is 2.26. The van der Waals surface area contributed by atoms with Gasteiger partial charge >= 0.3 is 46.0 Å². The summed E-state index contributed by atoms with van der Waals surface area (Å²) in [6.45, 7) is 15.4. The van der Waals surface area contributed by atoms with Crippen LogP contribution in [0.3, 0.4) is 0 Å². The molecule has 8 aromatic carbocycles. The Morgan fingerprint density at radius 3 is 1.16 bits per heavy atom. The molecule has 128 heavy (non-hydrogen) atoms. The van der Waals surface area contributed by atoms with Gasteiger partial charge in [0.1, 0.15) is 11.5 Å². The number of esters is 1. The summed E-state index contributed by atoms with van der Waals surface area (Å²) < 4.78 is 85.1. The van der Waals surface area contributed by atoms with Crippen molar-refractivity contribution in [3.8, 4) is 11.5 Å². The van der Waals surface area contributed by atoms with Gasteiger partial charge in [-0.3, -0.25) is 61.9 Å². The van der Waals surface area contributed by atoms with Crippen molar-refractivity contribution in [2.24, 2.45) is 25.8 Å². The first-order valence-corrected chi connectivity index (χ1v) is 41.1. The molecule has 0 spiro atoms. The van der Waals surface area contributed by atoms with E-state index < -0.39 is 121 Å². The summed E-state index contributed by atoms with van der Waals surface area (Å²) >= 11 is 5.78. The molecule has 676 valence electrons. The lowest BCUT2D eigenvalue weighted by Crippen LogP contribution is -2.29. The van der Waals surface area contributed by atoms with Gasteiger partial charge in [0.05, 0.1) is 27.4 Å². The van der Waals surface area contributed by atoms with E-state index in [1.54, 1.807) is 160 Å². The Labute approximate surface area is 740 Å². The van der Waals surface area contributed by atoms with Gasteiger partial charge in [-0.05, 0) is 121 Å². The van der Waals surface area contributed by atoms with E-state index in [-0.39, 0.29) is 65.3 Å². The summed E-state index contributed by atoms with van der Waals surface area (Å²) in [7, 11) is -3.49. The Hall–Kier alpha value is -14.5. The summed E-state index contributed by atoms with van der Waals surface area (Å²) in [4.78, 5) is 188. The third kappa shape index (κ3) is 36.8. The van der Waals surface area contributed by atoms with Crippen molar-refractivity contribution in [1.82, 2.24) is 0 Å². The standard InChI is InChI=1S/C22H23NO5.C20H19NO6.C20H27NO5.C17H12ClNO4.C13H12F3NO6S/c1-2-3-4-11-16-19(24)20(21(25)17-12-7-5-8-13-17)23-28-22(26)27-18-14-9-6-10-15-18;1-4-26-20(24)27-21-17(18(22)14-7-5-13(2)6-8-14)19(23)15-9-11-16(25-3)12-10-15;1-5-6-7-8-9-10-17(22)18(21-26-20(24)25-4)19(23)16-12-11-14(2)13-15(16)3;1-11(20)23-19-15(16(21)12-5-3-2-4-6-12)17(22)13-7-9-14(18)10-8-13;1-3-22-12(19)10(17-23-24(20,21)13(14,15)16)11(18)9-6-4-8(2)5-7-9/h5-10,12-15H,2-4,11,16H2,1H3;5-12H,4H2,1-3H3;11-13H,5-10H2,1-4H3;2-10H,1H3;4-7H,3H2,1-2H3/b23-20+;21-17-;21-18+;19-15-;17-10-. The van der Waals surface area contributed by atoms with Gasteiger partial charge < -0.3 is 28.5 Å². The quantitative estimate of drug-likeness (QED) is 0.00331. The Morgan fingerprint density at radius 1 is 0.375 bits per heavy atom. The maximum Gasteiger partial charge on any atom is 0.540 e. The number of rotatable bonds is 38. The zero-order chi connectivity index (χ0) is 94.9. The van der Waals surface area contributed by atoms with Gasteiger partial charge in [-0.15, -0.1) is 0 Å². The van der Waals surface area contributed by atoms with E-state index in [0.29, 0.717) is 34.7 Å². The van der Waals surface area contributed by atoms with Crippen LogP contribution in [0.1, 0.15) is 200 Å². The number of methoxy groups -OCH3 is 2. The molecule has 0 atom stereocenters. The summed E-state index contributed by atoms with van der Waals surface area (Å²) in [6, 6.07) is 54.2. The number of Topliss-reactive ketones (excluding diaryl/α,β-unsaturated/α-hetero) is 9. The smallest absolute Gasteiger partial charge is 0.497 e. The number of hydrogen-bond donors (Lipinski definition) is 0. The molecule has 0 N–H and O–H groups in total. The minimum atomic E-state index is -6.11. The number of carbonyl (C=O) groups is 14. The summed E-state index contributed by atoms with van der Waals surface area (Å²) in [6.07, 6.45) is 5.44. The van der Waals surface area contributed by atoms with Gasteiger partial charge in [-0.25, -0.2) is 24.0 Å². The van der Waals surface area contributed by atoms with Gasteiger partial charge in [-0.2, -0.15) is 21.6 Å². The lowest BCUT2D eigenvalue weighted by Gasteiger charge is -2.08. The van der Waals surface area contributed by atoms with Crippen molar-refractivity contribution < 1.29 is 136 Å². The van der Waals surface area contributed by atoms with E-state index >= 15 is 0 Å². The summed E-state index contributed by atoms with van der Waals surface area (Å²) in [5.74, 6) is -7.15. The third-order valence-electron chi connectivity index (χ3n) is 16.8. The fourth-order valence-electron chi connectivity index (χ4n) is 10.2. The van der Waals surface area contributed by atoms with Crippen LogP contribution in [0.15, 0.2) is 232 Å². The van der Waals surface area contributed by atoms with Crippen LogP contribution >= 0.6 is 11.6 Å². The predicted octanol–water partition coefficient (Wildman–Crippen LogP) is 18.4. The number of alkyl halides is 3. The first-order chi connectivity index (χ1) is 60.9. The van der Waals surface area contributed by atoms with Crippen molar-refractivity contribution in [1.29, 1.82) is 0 Å². The minimum absolute atomic E-state index is 0.0714. The maximum absolute atomic E-state index is 12.8. The van der Waals surface area contributed by atoms with Crippen molar-refractivity contribution >= 4 is 133 Å². The van der Waals surface area contributed by atoms with Gasteiger partial charge in [0.15, 0.2) is 34.4 Å². The van der Waals surface area contributed by atoms with E-state index in [1.807, 2.05) is 19.9 Å². The van der Waals surface area contributed by atoms with E-state index in [2.05, 4.69) is 77.5 Å². The molecule has 0 aliphatic carbocycles. The summed E-state index contributed by atoms with van der Waals surface area (Å²) in [5.41, 5.74) is -3.85. The Kier molecular flexibility index (Phi) is 46.1. The average Bonchev–Trinajstić information content (AvgIpc) is 0.832. The normalized spacial score (nSPS) is 11.3. The maximum atomic E-state index is 12.8. The van der Waals surface area contributed by atoms with Crippen LogP contribution in [0.4, 0.5) is 27.6 Å². The third-order valence-corrected chi connectivity index (χ3v) is 17.9. The Balaban J connectivity index is 0.000000336. The second-order valence-electron chi connectivity index (χ2n) is 26.7. The van der Waals surface area contributed by atoms with E-state index in [1.165, 1.54) is 74.7 Å². The number of oxime groups is 5. The van der Waals surface area contributed by atoms with Crippen molar-refractivity contribution in [2.45, 2.75) is 138 Å². The lowest BCUT2D eigenvalue weighted by molar-refractivity contribution is -0.141. The topological polar surface area (TPSA) is 427 Å². The SMILES string of the molecule is CC(=O)O/N=C(/C(=O)c1ccccc1)C(=O)c1ccc(Cl)cc1.CCCCCCC(=O)/C(=N\OC(=O)Oc1ccccc1)C(=O)c1ccccc1.CCCCCCCC(=O)/C(=N\OC(=O)OC)C(=O)c1ccc(C)cc1C.CCOC(=O)/C(=N\OS(=O)(=O)C(F)(F)F)C(=O)c1ccc(C)cc1.CCOC(=O)O/N=C(/C(=O)c1ccc(C)cc1)C(=O)c1ccc(OC)cc1. The molecule has 0 unspecified atom stereocenters. The second kappa shape index (κ2) is 55.7. The van der Waals surface area contributed by atoms with Crippen LogP contribution in [-0.2, 0) is 67.1 Å². The molecule has 0 amide bonds. The molecule has 0 aromatic heterocycles. The molecule has 8 aromatic rings. The Bertz CT molecular complexity index is 5440. The van der Waals surface area contributed by atoms with Crippen LogP contribution < -0.4 is 9.47 Å². The van der Waals surface area contributed by atoms with Gasteiger partial charge in [0, 0.05) is 63.7 Å². The molecule has 0 aliphatic heterocycles. The number of aryl methyl sites for hydroxylation is 4. The van der Waals surface area contributed by atoms with E-state index in [4.69, 9.17) is 21.1 Å². The van der Waals surface area contributed by atoms with Crippen molar-refractivity contribution in [3.05, 3.63) is 272 Å². The largest absolute Gasteiger partial charge is 0.540 e. The molecule has 0 fully saturated rings. The zero-order valence-electron chi connectivity index (χ0n) is 71.6. The molecule has 0 radical (unpaired) electrons. The second-order valence-corrected chi connectivity index (χ2v) is 28.7. The fraction of sp³-hybridized carbons (Fsp3) is 0.272. The highest BCUT2D eigenvalue weighted by Gasteiger charge is 2.49. The number of carbonyl (C=O) groups excluding carboxylic acids is 14. The average molecular weight is 1810 g/mol. The molecule has 8 rings (SSSR count). The van der Waals surface area contributed by atoms with Crippen LogP contribution in [0, 0.1) is 27.7 Å². The number of unbranched alkanes of at least 4 members (excludes halogenated alkanes) is 7. The molecule has 0 aliphatic rings. The van der Waals surface area contributed by atoms with Gasteiger partial charge in [-0.1, -0.05) is 258 Å². The van der Waals surface area contributed by atoms with Crippen LogP contribution in [-0.4, -0.2) is 152 Å². The fourth-order valence-corrected chi connectivity index (χ4v) is 10.6. The number of ether oxygens (including phenoxy) is 5. The van der Waals surface area contributed by atoms with Crippen molar-refractivity contribution in [2.75, 3.05) is 27.4 Å². The molecule has 36 heteroatoms. The van der Waals surface area contributed by atoms with Crippen LogP contribution in [0.25, 0.3) is 0 Å². The number of hydrogen-bond acceptors (Lipinski definition) is 31. The highest BCUT2D eigenvalue weighted by atomic mass is 35.5. The molecular weight excluding hydrogens is 1720 g/mol. The minimum Gasteiger partial charge on any atom is -0.497 e. The molecule has 0 bridgehead atoms. The van der Waals surface area contributed by atoms with Gasteiger partial charge in [0.2, 0.25) is 46.2 Å². The van der Waals surface area contributed by atoms with Crippen LogP contribution in [0.2, 0.25) is 5.02 Å². The van der Waals surface area contributed by atoms with Crippen LogP contribution in [0.5, 0.6) is 11.5 Å². The number of halogens is 4. The molecular formula is C92H93ClF3N5O26S. The number of nitrogens with zero attached hydrogens (tertiary/aromatic N) is 5. The lowest BCUT2D eigenvalue weighted by atomic mass is 9.96. The Morgan fingerprint density at radius 2 is 0.742 bits per heavy atom. The predicted molar refractivity (Wildman–Crippen MR) is 465 cm³/mol. The molecule has 0 heterocycles. The molecule has 31 nitrogen and oxygen atoms in total. The highest BCUT2D eigenvalue weighted by molar-refractivity contribution is 7.87.